The summed E-state index contributed by atoms with van der Waals surface area (Å²) in [4.78, 5) is 12.3. The van der Waals surface area contributed by atoms with Crippen molar-refractivity contribution >= 4 is 28.8 Å². The summed E-state index contributed by atoms with van der Waals surface area (Å²) in [6, 6.07) is 13.3. The third-order valence-corrected chi connectivity index (χ3v) is 3.01. The summed E-state index contributed by atoms with van der Waals surface area (Å²) in [6.45, 7) is 0. The fraction of sp³-hybridized carbons (Fsp3) is 0.125. The van der Waals surface area contributed by atoms with Crippen molar-refractivity contribution in [1.29, 1.82) is 0 Å². The van der Waals surface area contributed by atoms with Gasteiger partial charge in [0, 0.05) is 12.1 Å². The fourth-order valence-electron chi connectivity index (χ4n) is 1.94. The maximum atomic E-state index is 13.0. The summed E-state index contributed by atoms with van der Waals surface area (Å²) >= 11 is 4.84. The molecule has 0 aliphatic heterocycles. The molecule has 21 heavy (non-hydrogen) atoms. The minimum absolute atomic E-state index is 0.131. The number of carbonyl (C=O) groups is 1. The standard InChI is InChI=1S/C16H15FN2OS/c17-13-3-1-2-12(8-13)10-16(20)19-14-6-4-11(5-7-14)9-15(18)21/h1-8H,9-10H2,(H2,18,21)(H,19,20). The predicted octanol–water partition coefficient (Wildman–Crippen LogP) is 2.84. The van der Waals surface area contributed by atoms with Crippen LogP contribution < -0.4 is 11.1 Å². The highest BCUT2D eigenvalue weighted by Gasteiger charge is 2.05. The molecule has 0 spiro atoms. The lowest BCUT2D eigenvalue weighted by Gasteiger charge is -2.07. The second kappa shape index (κ2) is 6.95. The Hall–Kier alpha value is -2.27. The molecule has 0 atom stereocenters. The Morgan fingerprint density at radius 2 is 1.81 bits per heavy atom. The van der Waals surface area contributed by atoms with E-state index in [9.17, 15) is 9.18 Å². The van der Waals surface area contributed by atoms with Crippen LogP contribution in [-0.2, 0) is 17.6 Å². The number of nitrogens with two attached hydrogens (primary N) is 1. The first-order valence-electron chi connectivity index (χ1n) is 6.44. The quantitative estimate of drug-likeness (QED) is 0.835. The molecule has 0 bridgehead atoms. The maximum Gasteiger partial charge on any atom is 0.228 e. The molecule has 108 valence electrons. The summed E-state index contributed by atoms with van der Waals surface area (Å²) in [7, 11) is 0. The third kappa shape index (κ3) is 4.96. The monoisotopic (exact) mass is 302 g/mol. The average molecular weight is 302 g/mol. The van der Waals surface area contributed by atoms with Crippen LogP contribution >= 0.6 is 12.2 Å². The van der Waals surface area contributed by atoms with Gasteiger partial charge in [0.05, 0.1) is 11.4 Å². The van der Waals surface area contributed by atoms with Crippen molar-refractivity contribution in [3.63, 3.8) is 0 Å². The molecule has 5 heteroatoms. The molecule has 0 aromatic heterocycles. The number of rotatable bonds is 5. The Balaban J connectivity index is 1.95. The Bertz CT molecular complexity index is 656. The normalized spacial score (nSPS) is 10.1. The molecule has 0 aliphatic carbocycles. The zero-order valence-corrected chi connectivity index (χ0v) is 12.1. The van der Waals surface area contributed by atoms with Gasteiger partial charge < -0.3 is 11.1 Å². The van der Waals surface area contributed by atoms with Crippen LogP contribution in [0.5, 0.6) is 0 Å². The van der Waals surface area contributed by atoms with E-state index in [1.807, 2.05) is 12.1 Å². The van der Waals surface area contributed by atoms with Gasteiger partial charge >= 0.3 is 0 Å². The average Bonchev–Trinajstić information content (AvgIpc) is 2.40. The van der Waals surface area contributed by atoms with E-state index in [4.69, 9.17) is 18.0 Å². The summed E-state index contributed by atoms with van der Waals surface area (Å²) in [5.41, 5.74) is 7.78. The van der Waals surface area contributed by atoms with Crippen molar-refractivity contribution in [3.8, 4) is 0 Å². The SMILES string of the molecule is NC(=S)Cc1ccc(NC(=O)Cc2cccc(F)c2)cc1. The fourth-order valence-corrected chi connectivity index (χ4v) is 2.11. The van der Waals surface area contributed by atoms with Crippen molar-refractivity contribution in [2.75, 3.05) is 5.32 Å². The van der Waals surface area contributed by atoms with E-state index in [0.29, 0.717) is 22.7 Å². The van der Waals surface area contributed by atoms with Crippen LogP contribution in [0.4, 0.5) is 10.1 Å². The number of carbonyl (C=O) groups excluding carboxylic acids is 1. The molecule has 2 aromatic rings. The molecule has 3 nitrogen and oxygen atoms in total. The molecular weight excluding hydrogens is 287 g/mol. The highest BCUT2D eigenvalue weighted by Crippen LogP contribution is 2.11. The zero-order chi connectivity index (χ0) is 15.2. The van der Waals surface area contributed by atoms with E-state index in [1.54, 1.807) is 24.3 Å². The van der Waals surface area contributed by atoms with E-state index in [2.05, 4.69) is 5.32 Å². The Morgan fingerprint density at radius 3 is 2.43 bits per heavy atom. The molecule has 2 rings (SSSR count). The summed E-state index contributed by atoms with van der Waals surface area (Å²) in [6.07, 6.45) is 0.666. The molecule has 0 saturated heterocycles. The van der Waals surface area contributed by atoms with Crippen LogP contribution in [0.25, 0.3) is 0 Å². The molecule has 0 unspecified atom stereocenters. The van der Waals surface area contributed by atoms with Crippen LogP contribution in [0.3, 0.4) is 0 Å². The lowest BCUT2D eigenvalue weighted by molar-refractivity contribution is -0.115. The maximum absolute atomic E-state index is 13.0. The van der Waals surface area contributed by atoms with Gasteiger partial charge in [-0.15, -0.1) is 0 Å². The number of thiocarbonyl (C=S) groups is 1. The topological polar surface area (TPSA) is 55.1 Å². The van der Waals surface area contributed by atoms with Crippen molar-refractivity contribution in [1.82, 2.24) is 0 Å². The number of nitrogens with one attached hydrogen (secondary N) is 1. The summed E-state index contributed by atoms with van der Waals surface area (Å²) < 4.78 is 13.0. The zero-order valence-electron chi connectivity index (χ0n) is 11.3. The van der Waals surface area contributed by atoms with Gasteiger partial charge in [-0.2, -0.15) is 0 Å². The van der Waals surface area contributed by atoms with Gasteiger partial charge in [-0.3, -0.25) is 4.79 Å². The number of halogens is 1. The van der Waals surface area contributed by atoms with E-state index in [-0.39, 0.29) is 18.1 Å². The van der Waals surface area contributed by atoms with E-state index in [0.717, 1.165) is 5.56 Å². The first kappa shape index (κ1) is 15.1. The molecule has 0 heterocycles. The molecule has 1 amide bonds. The predicted molar refractivity (Wildman–Crippen MR) is 85.7 cm³/mol. The number of benzene rings is 2. The number of amides is 1. The Morgan fingerprint density at radius 1 is 1.10 bits per heavy atom. The minimum Gasteiger partial charge on any atom is -0.393 e. The smallest absolute Gasteiger partial charge is 0.228 e. The Labute approximate surface area is 128 Å². The van der Waals surface area contributed by atoms with Gasteiger partial charge in [0.1, 0.15) is 5.82 Å². The molecule has 0 fully saturated rings. The molecule has 2 aromatic carbocycles. The van der Waals surface area contributed by atoms with E-state index < -0.39 is 0 Å². The lowest BCUT2D eigenvalue weighted by Crippen LogP contribution is -2.14. The van der Waals surface area contributed by atoms with Crippen LogP contribution in [0.2, 0.25) is 0 Å². The number of hydrogen-bond donors (Lipinski definition) is 2. The molecule has 3 N–H and O–H groups in total. The highest BCUT2D eigenvalue weighted by molar-refractivity contribution is 7.80. The molecule has 0 saturated carbocycles. The van der Waals surface area contributed by atoms with Crippen molar-refractivity contribution in [2.24, 2.45) is 5.73 Å². The molecular formula is C16H15FN2OS. The summed E-state index contributed by atoms with van der Waals surface area (Å²) in [5, 5.41) is 2.76. The second-order valence-electron chi connectivity index (χ2n) is 4.69. The van der Waals surface area contributed by atoms with E-state index in [1.165, 1.54) is 12.1 Å². The van der Waals surface area contributed by atoms with Gasteiger partial charge in [0.25, 0.3) is 0 Å². The van der Waals surface area contributed by atoms with Crippen LogP contribution in [-0.4, -0.2) is 10.9 Å². The lowest BCUT2D eigenvalue weighted by atomic mass is 10.1. The third-order valence-electron chi connectivity index (χ3n) is 2.87. The summed E-state index contributed by atoms with van der Waals surface area (Å²) in [5.74, 6) is -0.537. The van der Waals surface area contributed by atoms with Crippen LogP contribution in [0, 0.1) is 5.82 Å². The number of anilines is 1. The molecule has 0 radical (unpaired) electrons. The van der Waals surface area contributed by atoms with E-state index >= 15 is 0 Å². The number of hydrogen-bond acceptors (Lipinski definition) is 2. The van der Waals surface area contributed by atoms with Gasteiger partial charge in [0.2, 0.25) is 5.91 Å². The van der Waals surface area contributed by atoms with Gasteiger partial charge in [-0.1, -0.05) is 36.5 Å². The van der Waals surface area contributed by atoms with Crippen LogP contribution in [0.15, 0.2) is 48.5 Å². The van der Waals surface area contributed by atoms with Crippen molar-refractivity contribution in [3.05, 3.63) is 65.5 Å². The Kier molecular flexibility index (Phi) is 5.00. The van der Waals surface area contributed by atoms with Gasteiger partial charge in [-0.05, 0) is 35.4 Å². The first-order chi connectivity index (χ1) is 10.0. The molecule has 0 aliphatic rings. The van der Waals surface area contributed by atoms with Crippen molar-refractivity contribution in [2.45, 2.75) is 12.8 Å². The van der Waals surface area contributed by atoms with Crippen LogP contribution in [0.1, 0.15) is 11.1 Å². The second-order valence-corrected chi connectivity index (χ2v) is 5.22. The first-order valence-corrected chi connectivity index (χ1v) is 6.85. The minimum atomic E-state index is -0.345. The van der Waals surface area contributed by atoms with Gasteiger partial charge in [-0.25, -0.2) is 4.39 Å². The van der Waals surface area contributed by atoms with Crippen molar-refractivity contribution < 1.29 is 9.18 Å². The highest BCUT2D eigenvalue weighted by atomic mass is 32.1. The largest absolute Gasteiger partial charge is 0.393 e. The van der Waals surface area contributed by atoms with Gasteiger partial charge in [0.15, 0.2) is 0 Å².